The van der Waals surface area contributed by atoms with Gasteiger partial charge in [-0.1, -0.05) is 35.0 Å². The van der Waals surface area contributed by atoms with Gasteiger partial charge in [0.15, 0.2) is 5.76 Å². The summed E-state index contributed by atoms with van der Waals surface area (Å²) >= 11 is 1.70. The van der Waals surface area contributed by atoms with Crippen molar-refractivity contribution in [2.45, 2.75) is 31.4 Å². The van der Waals surface area contributed by atoms with Crippen LogP contribution in [0.5, 0.6) is 0 Å². The summed E-state index contributed by atoms with van der Waals surface area (Å²) < 4.78 is 31.9. The summed E-state index contributed by atoms with van der Waals surface area (Å²) in [6.07, 6.45) is 0. The molecule has 0 atom stereocenters. The van der Waals surface area contributed by atoms with Gasteiger partial charge in [0.05, 0.1) is 0 Å². The number of sulfonamides is 1. The molecule has 1 aromatic heterocycles. The Labute approximate surface area is 135 Å². The molecular weight excluding hydrogens is 320 g/mol. The van der Waals surface area contributed by atoms with E-state index in [-0.39, 0.29) is 4.90 Å². The molecule has 2 aromatic rings. The van der Waals surface area contributed by atoms with E-state index in [9.17, 15) is 8.42 Å². The summed E-state index contributed by atoms with van der Waals surface area (Å²) in [5.74, 6) is 1.89. The van der Waals surface area contributed by atoms with E-state index in [1.165, 1.54) is 11.1 Å². The lowest BCUT2D eigenvalue weighted by atomic mass is 10.2. The summed E-state index contributed by atoms with van der Waals surface area (Å²) in [5.41, 5.74) is 2.87. The van der Waals surface area contributed by atoms with E-state index < -0.39 is 10.0 Å². The molecule has 1 N–H and O–H groups in total. The molecule has 0 aliphatic carbocycles. The molecule has 0 radical (unpaired) electrons. The van der Waals surface area contributed by atoms with Crippen LogP contribution in [0.15, 0.2) is 33.7 Å². The zero-order valence-corrected chi connectivity index (χ0v) is 14.6. The van der Waals surface area contributed by atoms with Crippen molar-refractivity contribution in [2.24, 2.45) is 0 Å². The molecule has 0 unspecified atom stereocenters. The molecule has 0 amide bonds. The van der Waals surface area contributed by atoms with Crippen molar-refractivity contribution in [2.75, 3.05) is 12.3 Å². The fourth-order valence-corrected chi connectivity index (χ4v) is 4.46. The lowest BCUT2D eigenvalue weighted by molar-refractivity contribution is 0.390. The minimum Gasteiger partial charge on any atom is -0.360 e. The largest absolute Gasteiger partial charge is 0.360 e. The van der Waals surface area contributed by atoms with Crippen LogP contribution in [0.2, 0.25) is 0 Å². The second kappa shape index (κ2) is 7.30. The molecule has 0 saturated heterocycles. The SMILES string of the molecule is Cc1cccc(CSCCNS(=O)(=O)c2c(C)noc2C)c1. The quantitative estimate of drug-likeness (QED) is 0.785. The van der Waals surface area contributed by atoms with E-state index in [1.54, 1.807) is 25.6 Å². The van der Waals surface area contributed by atoms with Crippen molar-refractivity contribution in [3.63, 3.8) is 0 Å². The van der Waals surface area contributed by atoms with Crippen LogP contribution in [0, 0.1) is 20.8 Å². The average Bonchev–Trinajstić information content (AvgIpc) is 2.78. The summed E-state index contributed by atoms with van der Waals surface area (Å²) in [5, 5.41) is 3.68. The number of hydrogen-bond acceptors (Lipinski definition) is 5. The Hall–Kier alpha value is -1.31. The van der Waals surface area contributed by atoms with E-state index in [0.717, 1.165) is 5.75 Å². The molecule has 0 fully saturated rings. The van der Waals surface area contributed by atoms with Crippen LogP contribution in [0.1, 0.15) is 22.6 Å². The number of benzene rings is 1. The molecule has 0 spiro atoms. The minimum absolute atomic E-state index is 0.149. The lowest BCUT2D eigenvalue weighted by Gasteiger charge is -2.06. The molecule has 5 nitrogen and oxygen atoms in total. The first-order valence-corrected chi connectivity index (χ1v) is 9.60. The summed E-state index contributed by atoms with van der Waals surface area (Å²) in [4.78, 5) is 0.149. The second-order valence-corrected chi connectivity index (χ2v) is 7.90. The molecule has 0 aliphatic heterocycles. The number of aryl methyl sites for hydroxylation is 3. The third-order valence-corrected chi connectivity index (χ3v) is 5.86. The Bertz CT molecular complexity index is 719. The third-order valence-electron chi connectivity index (χ3n) is 3.13. The first kappa shape index (κ1) is 17.1. The number of rotatable bonds is 7. The van der Waals surface area contributed by atoms with Gasteiger partial charge in [0, 0.05) is 18.1 Å². The van der Waals surface area contributed by atoms with Gasteiger partial charge in [-0.15, -0.1) is 0 Å². The molecular formula is C15H20N2O3S2. The Morgan fingerprint density at radius 3 is 2.68 bits per heavy atom. The topological polar surface area (TPSA) is 72.2 Å². The van der Waals surface area contributed by atoms with E-state index >= 15 is 0 Å². The number of nitrogens with one attached hydrogen (secondary N) is 1. The predicted molar refractivity (Wildman–Crippen MR) is 88.5 cm³/mol. The summed E-state index contributed by atoms with van der Waals surface area (Å²) in [6.45, 7) is 5.66. The standard InChI is InChI=1S/C15H20N2O3S2/c1-11-5-4-6-14(9-11)10-21-8-7-16-22(18,19)15-12(2)17-20-13(15)3/h4-6,9,16H,7-8,10H2,1-3H3. The second-order valence-electron chi connectivity index (χ2n) is 5.09. The Morgan fingerprint density at radius 1 is 1.27 bits per heavy atom. The van der Waals surface area contributed by atoms with E-state index in [0.29, 0.717) is 23.8 Å². The molecule has 2 rings (SSSR count). The van der Waals surface area contributed by atoms with Crippen LogP contribution < -0.4 is 4.72 Å². The van der Waals surface area contributed by atoms with Crippen molar-refractivity contribution < 1.29 is 12.9 Å². The maximum Gasteiger partial charge on any atom is 0.245 e. The van der Waals surface area contributed by atoms with Crippen molar-refractivity contribution in [3.8, 4) is 0 Å². The van der Waals surface area contributed by atoms with Crippen LogP contribution in [0.4, 0.5) is 0 Å². The molecule has 120 valence electrons. The number of nitrogens with zero attached hydrogens (tertiary/aromatic N) is 1. The van der Waals surface area contributed by atoms with Gasteiger partial charge in [0.1, 0.15) is 10.6 Å². The third kappa shape index (κ3) is 4.34. The van der Waals surface area contributed by atoms with Gasteiger partial charge >= 0.3 is 0 Å². The van der Waals surface area contributed by atoms with Crippen molar-refractivity contribution in [1.82, 2.24) is 9.88 Å². The van der Waals surface area contributed by atoms with Crippen LogP contribution in [-0.2, 0) is 15.8 Å². The Morgan fingerprint density at radius 2 is 2.05 bits per heavy atom. The molecule has 0 aliphatic rings. The number of aromatic nitrogens is 1. The highest BCUT2D eigenvalue weighted by atomic mass is 32.2. The zero-order chi connectivity index (χ0) is 16.2. The highest BCUT2D eigenvalue weighted by molar-refractivity contribution is 7.98. The molecule has 1 aromatic carbocycles. The maximum atomic E-state index is 12.2. The Balaban J connectivity index is 1.81. The fraction of sp³-hybridized carbons (Fsp3) is 0.400. The molecule has 0 saturated carbocycles. The summed E-state index contributed by atoms with van der Waals surface area (Å²) in [6, 6.07) is 8.31. The fourth-order valence-electron chi connectivity index (χ4n) is 2.17. The first-order valence-electron chi connectivity index (χ1n) is 6.96. The van der Waals surface area contributed by atoms with Gasteiger partial charge in [-0.2, -0.15) is 11.8 Å². The molecule has 22 heavy (non-hydrogen) atoms. The molecule has 1 heterocycles. The van der Waals surface area contributed by atoms with Gasteiger partial charge in [0.25, 0.3) is 0 Å². The smallest absolute Gasteiger partial charge is 0.245 e. The normalized spacial score (nSPS) is 11.8. The van der Waals surface area contributed by atoms with Crippen molar-refractivity contribution >= 4 is 21.8 Å². The predicted octanol–water partition coefficient (Wildman–Crippen LogP) is 2.81. The van der Waals surface area contributed by atoms with Gasteiger partial charge in [0.2, 0.25) is 10.0 Å². The number of thioether (sulfide) groups is 1. The molecule has 0 bridgehead atoms. The van der Waals surface area contributed by atoms with Gasteiger partial charge in [-0.25, -0.2) is 13.1 Å². The van der Waals surface area contributed by atoms with E-state index in [2.05, 4.69) is 35.0 Å². The highest BCUT2D eigenvalue weighted by Gasteiger charge is 2.23. The van der Waals surface area contributed by atoms with Gasteiger partial charge in [-0.05, 0) is 26.3 Å². The van der Waals surface area contributed by atoms with Crippen molar-refractivity contribution in [3.05, 3.63) is 46.8 Å². The van der Waals surface area contributed by atoms with Crippen LogP contribution >= 0.6 is 11.8 Å². The van der Waals surface area contributed by atoms with E-state index in [4.69, 9.17) is 4.52 Å². The van der Waals surface area contributed by atoms with Crippen LogP contribution in [0.25, 0.3) is 0 Å². The lowest BCUT2D eigenvalue weighted by Crippen LogP contribution is -2.26. The van der Waals surface area contributed by atoms with E-state index in [1.807, 2.05) is 6.07 Å². The maximum absolute atomic E-state index is 12.2. The Kier molecular flexibility index (Phi) is 5.66. The average molecular weight is 340 g/mol. The van der Waals surface area contributed by atoms with Crippen molar-refractivity contribution in [1.29, 1.82) is 0 Å². The first-order chi connectivity index (χ1) is 10.4. The monoisotopic (exact) mass is 340 g/mol. The molecule has 7 heteroatoms. The highest BCUT2D eigenvalue weighted by Crippen LogP contribution is 2.18. The number of hydrogen-bond donors (Lipinski definition) is 1. The minimum atomic E-state index is -3.55. The summed E-state index contributed by atoms with van der Waals surface area (Å²) in [7, 11) is -3.55. The van der Waals surface area contributed by atoms with Crippen LogP contribution in [0.3, 0.4) is 0 Å². The van der Waals surface area contributed by atoms with Gasteiger partial charge < -0.3 is 4.52 Å². The van der Waals surface area contributed by atoms with Crippen LogP contribution in [-0.4, -0.2) is 25.9 Å². The zero-order valence-electron chi connectivity index (χ0n) is 12.9. The van der Waals surface area contributed by atoms with Gasteiger partial charge in [-0.3, -0.25) is 0 Å².